The van der Waals surface area contributed by atoms with Crippen molar-refractivity contribution in [3.63, 3.8) is 0 Å². The highest BCUT2D eigenvalue weighted by atomic mass is 16.5. The standard InChI is InChI=1S/C15H19N5O3/c1-22-8-7-17-13-12(16)14(19-9-18-13)20-11-5-3-10(4-6-11)15(21)23-2/h3-6,9H,7-8,16H2,1-2H3,(H2,17,18,19,20). The van der Waals surface area contributed by atoms with Crippen LogP contribution in [0.1, 0.15) is 10.4 Å². The predicted octanol–water partition coefficient (Wildman–Crippen LogP) is 1.65. The average Bonchev–Trinajstić information content (AvgIpc) is 2.58. The van der Waals surface area contributed by atoms with Gasteiger partial charge in [0, 0.05) is 19.3 Å². The van der Waals surface area contributed by atoms with Gasteiger partial charge in [-0.05, 0) is 24.3 Å². The SMILES string of the molecule is COCCNc1ncnc(Nc2ccc(C(=O)OC)cc2)c1N. The number of nitrogens with one attached hydrogen (secondary N) is 2. The van der Waals surface area contributed by atoms with E-state index in [0.717, 1.165) is 5.69 Å². The fourth-order valence-corrected chi connectivity index (χ4v) is 1.85. The highest BCUT2D eigenvalue weighted by molar-refractivity contribution is 5.90. The van der Waals surface area contributed by atoms with Gasteiger partial charge in [-0.1, -0.05) is 0 Å². The van der Waals surface area contributed by atoms with Crippen LogP contribution in [0.15, 0.2) is 30.6 Å². The summed E-state index contributed by atoms with van der Waals surface area (Å²) >= 11 is 0. The molecule has 0 amide bonds. The number of nitrogens with two attached hydrogens (primary N) is 1. The van der Waals surface area contributed by atoms with Crippen LogP contribution in [-0.2, 0) is 9.47 Å². The summed E-state index contributed by atoms with van der Waals surface area (Å²) in [6.07, 6.45) is 1.41. The number of rotatable bonds is 7. The Balaban J connectivity index is 2.10. The Morgan fingerprint density at radius 3 is 2.52 bits per heavy atom. The van der Waals surface area contributed by atoms with Crippen molar-refractivity contribution in [2.45, 2.75) is 0 Å². The molecule has 23 heavy (non-hydrogen) atoms. The molecule has 4 N–H and O–H groups in total. The third kappa shape index (κ3) is 4.30. The van der Waals surface area contributed by atoms with Gasteiger partial charge >= 0.3 is 5.97 Å². The number of carbonyl (C=O) groups is 1. The quantitative estimate of drug-likeness (QED) is 0.522. The minimum absolute atomic E-state index is 0.386. The topological polar surface area (TPSA) is 111 Å². The Kier molecular flexibility index (Phi) is 5.70. The van der Waals surface area contributed by atoms with E-state index in [9.17, 15) is 4.79 Å². The highest BCUT2D eigenvalue weighted by Crippen LogP contribution is 2.25. The first-order valence-corrected chi connectivity index (χ1v) is 6.94. The van der Waals surface area contributed by atoms with E-state index < -0.39 is 0 Å². The summed E-state index contributed by atoms with van der Waals surface area (Å²) < 4.78 is 9.63. The van der Waals surface area contributed by atoms with E-state index in [-0.39, 0.29) is 5.97 Å². The Morgan fingerprint density at radius 1 is 1.17 bits per heavy atom. The first-order chi connectivity index (χ1) is 11.2. The van der Waals surface area contributed by atoms with Crippen LogP contribution in [0.3, 0.4) is 0 Å². The first kappa shape index (κ1) is 16.5. The van der Waals surface area contributed by atoms with Gasteiger partial charge < -0.3 is 25.8 Å². The molecule has 0 aliphatic carbocycles. The molecule has 0 bridgehead atoms. The Bertz CT molecular complexity index is 661. The Labute approximate surface area is 134 Å². The van der Waals surface area contributed by atoms with Crippen molar-refractivity contribution in [3.05, 3.63) is 36.2 Å². The molecule has 2 aromatic rings. The van der Waals surface area contributed by atoms with E-state index in [1.54, 1.807) is 31.4 Å². The number of nitrogen functional groups attached to an aromatic ring is 1. The van der Waals surface area contributed by atoms with Crippen molar-refractivity contribution in [1.82, 2.24) is 9.97 Å². The predicted molar refractivity (Wildman–Crippen MR) is 87.9 cm³/mol. The smallest absolute Gasteiger partial charge is 0.337 e. The van der Waals surface area contributed by atoms with Crippen LogP contribution >= 0.6 is 0 Å². The molecule has 8 nitrogen and oxygen atoms in total. The largest absolute Gasteiger partial charge is 0.465 e. The molecule has 2 rings (SSSR count). The second-order valence-electron chi connectivity index (χ2n) is 4.60. The molecule has 8 heteroatoms. The molecule has 0 saturated heterocycles. The number of benzene rings is 1. The fourth-order valence-electron chi connectivity index (χ4n) is 1.85. The molecule has 0 atom stereocenters. The molecule has 1 aromatic heterocycles. The molecular weight excluding hydrogens is 298 g/mol. The maximum Gasteiger partial charge on any atom is 0.337 e. The molecule has 0 aliphatic rings. The summed E-state index contributed by atoms with van der Waals surface area (Å²) in [5.74, 6) is 0.624. The number of anilines is 4. The van der Waals surface area contributed by atoms with E-state index >= 15 is 0 Å². The zero-order valence-electron chi connectivity index (χ0n) is 13.0. The lowest BCUT2D eigenvalue weighted by atomic mass is 10.2. The molecule has 0 aliphatic heterocycles. The molecule has 0 fully saturated rings. The molecule has 0 unspecified atom stereocenters. The van der Waals surface area contributed by atoms with Crippen molar-refractivity contribution < 1.29 is 14.3 Å². The number of hydrogen-bond acceptors (Lipinski definition) is 8. The Morgan fingerprint density at radius 2 is 1.87 bits per heavy atom. The summed E-state index contributed by atoms with van der Waals surface area (Å²) in [5.41, 5.74) is 7.66. The van der Waals surface area contributed by atoms with Crippen LogP contribution < -0.4 is 16.4 Å². The van der Waals surface area contributed by atoms with Gasteiger partial charge in [0.15, 0.2) is 11.6 Å². The average molecular weight is 317 g/mol. The molecule has 1 heterocycles. The van der Waals surface area contributed by atoms with E-state index in [1.165, 1.54) is 13.4 Å². The van der Waals surface area contributed by atoms with E-state index in [2.05, 4.69) is 25.3 Å². The summed E-state index contributed by atoms with van der Waals surface area (Å²) in [7, 11) is 2.96. The van der Waals surface area contributed by atoms with Gasteiger partial charge in [0.25, 0.3) is 0 Å². The monoisotopic (exact) mass is 317 g/mol. The van der Waals surface area contributed by atoms with Gasteiger partial charge in [0.05, 0.1) is 19.3 Å². The fraction of sp³-hybridized carbons (Fsp3) is 0.267. The first-order valence-electron chi connectivity index (χ1n) is 6.94. The van der Waals surface area contributed by atoms with E-state index in [1.807, 2.05) is 0 Å². The van der Waals surface area contributed by atoms with Crippen LogP contribution in [0.2, 0.25) is 0 Å². The number of methoxy groups -OCH3 is 2. The minimum Gasteiger partial charge on any atom is -0.465 e. The van der Waals surface area contributed by atoms with Gasteiger partial charge in [-0.15, -0.1) is 0 Å². The lowest BCUT2D eigenvalue weighted by Crippen LogP contribution is -2.12. The molecule has 0 spiro atoms. The van der Waals surface area contributed by atoms with Gasteiger partial charge in [-0.3, -0.25) is 0 Å². The van der Waals surface area contributed by atoms with Crippen molar-refractivity contribution in [2.75, 3.05) is 43.7 Å². The maximum atomic E-state index is 11.4. The lowest BCUT2D eigenvalue weighted by molar-refractivity contribution is 0.0601. The zero-order chi connectivity index (χ0) is 16.7. The summed E-state index contributed by atoms with van der Waals surface area (Å²) in [6, 6.07) is 6.80. The van der Waals surface area contributed by atoms with Crippen molar-refractivity contribution in [3.8, 4) is 0 Å². The summed E-state index contributed by atoms with van der Waals surface area (Å²) in [5, 5.41) is 6.16. The van der Waals surface area contributed by atoms with Crippen LogP contribution in [0.5, 0.6) is 0 Å². The van der Waals surface area contributed by atoms with Gasteiger partial charge in [-0.2, -0.15) is 0 Å². The van der Waals surface area contributed by atoms with Crippen LogP contribution in [0.25, 0.3) is 0 Å². The van der Waals surface area contributed by atoms with Crippen LogP contribution in [0.4, 0.5) is 23.0 Å². The number of aromatic nitrogens is 2. The number of nitrogens with zero attached hydrogens (tertiary/aromatic N) is 2. The second-order valence-corrected chi connectivity index (χ2v) is 4.60. The van der Waals surface area contributed by atoms with E-state index in [0.29, 0.717) is 36.0 Å². The minimum atomic E-state index is -0.386. The van der Waals surface area contributed by atoms with Crippen molar-refractivity contribution in [2.24, 2.45) is 0 Å². The zero-order valence-corrected chi connectivity index (χ0v) is 13.0. The maximum absolute atomic E-state index is 11.4. The molecular formula is C15H19N5O3. The Hall–Kier alpha value is -2.87. The number of ether oxygens (including phenoxy) is 2. The van der Waals surface area contributed by atoms with Gasteiger partial charge in [0.1, 0.15) is 12.0 Å². The van der Waals surface area contributed by atoms with Crippen molar-refractivity contribution >= 4 is 29.0 Å². The summed E-state index contributed by atoms with van der Waals surface area (Å²) in [6.45, 7) is 1.13. The number of carbonyl (C=O) groups excluding carboxylic acids is 1. The summed E-state index contributed by atoms with van der Waals surface area (Å²) in [4.78, 5) is 19.6. The molecule has 0 radical (unpaired) electrons. The van der Waals surface area contributed by atoms with Crippen LogP contribution in [-0.4, -0.2) is 43.3 Å². The third-order valence-corrected chi connectivity index (χ3v) is 3.05. The van der Waals surface area contributed by atoms with Crippen LogP contribution in [0, 0.1) is 0 Å². The normalized spacial score (nSPS) is 10.2. The lowest BCUT2D eigenvalue weighted by Gasteiger charge is -2.12. The van der Waals surface area contributed by atoms with E-state index in [4.69, 9.17) is 10.5 Å². The third-order valence-electron chi connectivity index (χ3n) is 3.05. The van der Waals surface area contributed by atoms with Gasteiger partial charge in [0.2, 0.25) is 0 Å². The molecule has 122 valence electrons. The number of hydrogen-bond donors (Lipinski definition) is 3. The van der Waals surface area contributed by atoms with Gasteiger partial charge in [-0.25, -0.2) is 14.8 Å². The number of esters is 1. The highest BCUT2D eigenvalue weighted by Gasteiger charge is 2.09. The molecule has 0 saturated carbocycles. The molecule has 1 aromatic carbocycles. The van der Waals surface area contributed by atoms with Crippen molar-refractivity contribution in [1.29, 1.82) is 0 Å². The second kappa shape index (κ2) is 7.95.